The van der Waals surface area contributed by atoms with Gasteiger partial charge in [0.25, 0.3) is 0 Å². The Balaban J connectivity index is 2.65. The lowest BCUT2D eigenvalue weighted by molar-refractivity contribution is 0.219. The highest BCUT2D eigenvalue weighted by Crippen LogP contribution is 2.07. The topological polar surface area (TPSA) is 42.1 Å². The molecule has 1 heterocycles. The minimum Gasteiger partial charge on any atom is -0.329 e. The largest absolute Gasteiger partial charge is 0.329 e. The maximum Gasteiger partial charge on any atom is 0.141 e. The van der Waals surface area contributed by atoms with Gasteiger partial charge in [-0.1, -0.05) is 0 Å². The van der Waals surface area contributed by atoms with Gasteiger partial charge in [0, 0.05) is 31.9 Å². The fourth-order valence-electron chi connectivity index (χ4n) is 1.46. The molecule has 0 atom stereocenters. The predicted molar refractivity (Wildman–Crippen MR) is 58.8 cm³/mol. The van der Waals surface area contributed by atoms with Gasteiger partial charge in [0.2, 0.25) is 0 Å². The second-order valence-electron chi connectivity index (χ2n) is 3.86. The van der Waals surface area contributed by atoms with Crippen molar-refractivity contribution in [2.24, 2.45) is 5.73 Å². The highest BCUT2D eigenvalue weighted by molar-refractivity contribution is 5.10. The van der Waals surface area contributed by atoms with Crippen LogP contribution in [0.4, 0.5) is 4.39 Å². The molecule has 0 aliphatic carbocycles. The van der Waals surface area contributed by atoms with E-state index in [1.54, 1.807) is 6.20 Å². The van der Waals surface area contributed by atoms with E-state index in [4.69, 9.17) is 5.73 Å². The van der Waals surface area contributed by atoms with Crippen molar-refractivity contribution in [3.63, 3.8) is 0 Å². The quantitative estimate of drug-likeness (QED) is 0.800. The summed E-state index contributed by atoms with van der Waals surface area (Å²) in [5, 5.41) is 0. The van der Waals surface area contributed by atoms with Crippen LogP contribution in [0.15, 0.2) is 18.5 Å². The summed E-state index contributed by atoms with van der Waals surface area (Å²) in [4.78, 5) is 6.01. The summed E-state index contributed by atoms with van der Waals surface area (Å²) < 4.78 is 12.9. The van der Waals surface area contributed by atoms with E-state index in [0.29, 0.717) is 19.1 Å². The first-order valence-electron chi connectivity index (χ1n) is 5.17. The molecule has 0 aliphatic rings. The zero-order valence-electron chi connectivity index (χ0n) is 9.28. The average Bonchev–Trinajstić information content (AvgIpc) is 2.17. The summed E-state index contributed by atoms with van der Waals surface area (Å²) in [6, 6.07) is 1.91. The molecule has 84 valence electrons. The van der Waals surface area contributed by atoms with Crippen molar-refractivity contribution in [2.45, 2.75) is 26.4 Å². The Morgan fingerprint density at radius 1 is 1.47 bits per heavy atom. The molecular formula is C11H18FN3. The number of hydrogen-bond acceptors (Lipinski definition) is 3. The van der Waals surface area contributed by atoms with Crippen molar-refractivity contribution in [3.05, 3.63) is 29.8 Å². The average molecular weight is 211 g/mol. The number of aromatic nitrogens is 1. The highest BCUT2D eigenvalue weighted by atomic mass is 19.1. The maximum absolute atomic E-state index is 12.9. The van der Waals surface area contributed by atoms with E-state index in [2.05, 4.69) is 23.7 Å². The van der Waals surface area contributed by atoms with E-state index < -0.39 is 0 Å². The molecule has 0 saturated heterocycles. The predicted octanol–water partition coefficient (Wildman–Crippen LogP) is 1.39. The molecule has 3 nitrogen and oxygen atoms in total. The fourth-order valence-corrected chi connectivity index (χ4v) is 1.46. The molecule has 0 unspecified atom stereocenters. The summed E-state index contributed by atoms with van der Waals surface area (Å²) in [6.07, 6.45) is 2.90. The minimum absolute atomic E-state index is 0.288. The molecule has 0 bridgehead atoms. The third kappa shape index (κ3) is 3.93. The van der Waals surface area contributed by atoms with Crippen LogP contribution >= 0.6 is 0 Å². The van der Waals surface area contributed by atoms with Crippen molar-refractivity contribution in [3.8, 4) is 0 Å². The van der Waals surface area contributed by atoms with Crippen molar-refractivity contribution in [1.29, 1.82) is 0 Å². The van der Waals surface area contributed by atoms with Crippen molar-refractivity contribution < 1.29 is 4.39 Å². The van der Waals surface area contributed by atoms with Crippen LogP contribution in [0.25, 0.3) is 0 Å². The third-order valence-corrected chi connectivity index (χ3v) is 2.29. The van der Waals surface area contributed by atoms with Gasteiger partial charge in [0.15, 0.2) is 0 Å². The molecule has 0 fully saturated rings. The van der Waals surface area contributed by atoms with Crippen LogP contribution in [0.1, 0.15) is 19.4 Å². The molecule has 15 heavy (non-hydrogen) atoms. The molecule has 0 saturated carbocycles. The Bertz CT molecular complexity index is 302. The van der Waals surface area contributed by atoms with E-state index in [-0.39, 0.29) is 5.82 Å². The van der Waals surface area contributed by atoms with Gasteiger partial charge in [-0.15, -0.1) is 0 Å². The lowest BCUT2D eigenvalue weighted by Gasteiger charge is -2.25. The van der Waals surface area contributed by atoms with Gasteiger partial charge in [0.05, 0.1) is 6.20 Å². The normalized spacial score (nSPS) is 11.3. The van der Waals surface area contributed by atoms with Crippen LogP contribution in [0, 0.1) is 5.82 Å². The van der Waals surface area contributed by atoms with Gasteiger partial charge in [-0.3, -0.25) is 9.88 Å². The molecule has 0 aliphatic heterocycles. The zero-order chi connectivity index (χ0) is 11.3. The Morgan fingerprint density at radius 3 is 2.73 bits per heavy atom. The molecule has 0 radical (unpaired) electrons. The number of halogens is 1. The first-order chi connectivity index (χ1) is 7.13. The Morgan fingerprint density at radius 2 is 2.20 bits per heavy atom. The van der Waals surface area contributed by atoms with Crippen LogP contribution in [-0.4, -0.2) is 29.0 Å². The van der Waals surface area contributed by atoms with E-state index in [0.717, 1.165) is 12.1 Å². The van der Waals surface area contributed by atoms with Gasteiger partial charge >= 0.3 is 0 Å². The Kier molecular flexibility index (Phi) is 4.65. The second kappa shape index (κ2) is 5.78. The SMILES string of the molecule is CC(C)N(CCN)Cc1cncc(F)c1. The van der Waals surface area contributed by atoms with Crippen LogP contribution in [0.3, 0.4) is 0 Å². The van der Waals surface area contributed by atoms with Crippen molar-refractivity contribution in [1.82, 2.24) is 9.88 Å². The molecule has 2 N–H and O–H groups in total. The smallest absolute Gasteiger partial charge is 0.141 e. The van der Waals surface area contributed by atoms with Crippen LogP contribution in [0.5, 0.6) is 0 Å². The number of rotatable bonds is 5. The molecule has 1 aromatic rings. The van der Waals surface area contributed by atoms with Crippen molar-refractivity contribution in [2.75, 3.05) is 13.1 Å². The Hall–Kier alpha value is -1.00. The summed E-state index contributed by atoms with van der Waals surface area (Å²) in [6.45, 7) is 6.32. The minimum atomic E-state index is -0.288. The zero-order valence-corrected chi connectivity index (χ0v) is 9.28. The van der Waals surface area contributed by atoms with Crippen LogP contribution in [0.2, 0.25) is 0 Å². The number of hydrogen-bond donors (Lipinski definition) is 1. The number of nitrogens with two attached hydrogens (primary N) is 1. The maximum atomic E-state index is 12.9. The van der Waals surface area contributed by atoms with Gasteiger partial charge in [0.1, 0.15) is 5.82 Å². The van der Waals surface area contributed by atoms with E-state index in [1.807, 2.05) is 0 Å². The molecule has 4 heteroatoms. The van der Waals surface area contributed by atoms with Crippen LogP contribution in [-0.2, 0) is 6.54 Å². The summed E-state index contributed by atoms with van der Waals surface area (Å²) in [5.74, 6) is -0.288. The van der Waals surface area contributed by atoms with Crippen molar-refractivity contribution >= 4 is 0 Å². The Labute approximate surface area is 90.1 Å². The highest BCUT2D eigenvalue weighted by Gasteiger charge is 2.09. The van der Waals surface area contributed by atoms with E-state index in [1.165, 1.54) is 12.3 Å². The lowest BCUT2D eigenvalue weighted by atomic mass is 10.2. The fraction of sp³-hybridized carbons (Fsp3) is 0.545. The summed E-state index contributed by atoms with van der Waals surface area (Å²) >= 11 is 0. The first-order valence-corrected chi connectivity index (χ1v) is 5.17. The molecule has 0 amide bonds. The summed E-state index contributed by atoms with van der Waals surface area (Å²) in [7, 11) is 0. The van der Waals surface area contributed by atoms with E-state index in [9.17, 15) is 4.39 Å². The summed E-state index contributed by atoms with van der Waals surface area (Å²) in [5.41, 5.74) is 6.41. The monoisotopic (exact) mass is 211 g/mol. The molecule has 1 rings (SSSR count). The molecule has 1 aromatic heterocycles. The number of nitrogens with zero attached hydrogens (tertiary/aromatic N) is 2. The molecule has 0 spiro atoms. The van der Waals surface area contributed by atoms with E-state index >= 15 is 0 Å². The van der Waals surface area contributed by atoms with Gasteiger partial charge in [-0.25, -0.2) is 4.39 Å². The number of pyridine rings is 1. The second-order valence-corrected chi connectivity index (χ2v) is 3.86. The standard InChI is InChI=1S/C11H18FN3/c1-9(2)15(4-3-13)8-10-5-11(12)7-14-6-10/h5-7,9H,3-4,8,13H2,1-2H3. The van der Waals surface area contributed by atoms with Gasteiger partial charge < -0.3 is 5.73 Å². The van der Waals surface area contributed by atoms with Gasteiger partial charge in [-0.05, 0) is 25.5 Å². The van der Waals surface area contributed by atoms with Crippen LogP contribution < -0.4 is 5.73 Å². The first kappa shape index (κ1) is 12.1. The third-order valence-electron chi connectivity index (χ3n) is 2.29. The van der Waals surface area contributed by atoms with Gasteiger partial charge in [-0.2, -0.15) is 0 Å². The molecule has 0 aromatic carbocycles. The lowest BCUT2D eigenvalue weighted by Crippen LogP contribution is -2.34. The molecular weight excluding hydrogens is 193 g/mol.